The molecule has 6 heteroatoms. The lowest BCUT2D eigenvalue weighted by molar-refractivity contribution is 0.521. The van der Waals surface area contributed by atoms with Crippen molar-refractivity contribution in [3.63, 3.8) is 0 Å². The van der Waals surface area contributed by atoms with Gasteiger partial charge in [0.25, 0.3) is 5.56 Å². The molecule has 5 nitrogen and oxygen atoms in total. The summed E-state index contributed by atoms with van der Waals surface area (Å²) >= 11 is 5.60. The minimum Gasteiger partial charge on any atom is -0.449 e. The van der Waals surface area contributed by atoms with E-state index in [1.807, 2.05) is 0 Å². The fourth-order valence-electron chi connectivity index (χ4n) is 1.17. The van der Waals surface area contributed by atoms with Crippen molar-refractivity contribution in [3.05, 3.63) is 34.3 Å². The molecule has 0 aliphatic heterocycles. The van der Waals surface area contributed by atoms with Crippen LogP contribution >= 0.6 is 11.6 Å². The Morgan fingerprint density at radius 2 is 2.33 bits per heavy atom. The van der Waals surface area contributed by atoms with Crippen LogP contribution in [0.5, 0.6) is 0 Å². The van der Waals surface area contributed by atoms with Crippen molar-refractivity contribution in [2.24, 2.45) is 0 Å². The summed E-state index contributed by atoms with van der Waals surface area (Å²) in [5.74, 6) is 1.08. The molecule has 0 spiro atoms. The van der Waals surface area contributed by atoms with E-state index in [9.17, 15) is 4.79 Å². The molecule has 0 unspecified atom stereocenters. The number of hydrogen-bond donors (Lipinski definition) is 1. The van der Waals surface area contributed by atoms with E-state index in [2.05, 4.69) is 15.0 Å². The Labute approximate surface area is 90.1 Å². The highest BCUT2D eigenvalue weighted by Crippen LogP contribution is 2.12. The van der Waals surface area contributed by atoms with Gasteiger partial charge in [-0.25, -0.2) is 9.97 Å². The molecule has 15 heavy (non-hydrogen) atoms. The Kier molecular flexibility index (Phi) is 2.55. The van der Waals surface area contributed by atoms with Gasteiger partial charge in [0.1, 0.15) is 12.0 Å². The Balaban J connectivity index is 2.53. The molecule has 0 fully saturated rings. The molecule has 0 saturated carbocycles. The van der Waals surface area contributed by atoms with Gasteiger partial charge in [0.15, 0.2) is 11.7 Å². The van der Waals surface area contributed by atoms with Crippen LogP contribution in [0.3, 0.4) is 0 Å². The normalized spacial score (nSPS) is 10.5. The van der Waals surface area contributed by atoms with Gasteiger partial charge in [-0.3, -0.25) is 4.79 Å². The Morgan fingerprint density at radius 3 is 2.93 bits per heavy atom. The summed E-state index contributed by atoms with van der Waals surface area (Å²) in [5, 5.41) is 0. The van der Waals surface area contributed by atoms with Crippen LogP contribution in [-0.4, -0.2) is 15.0 Å². The maximum atomic E-state index is 11.2. The summed E-state index contributed by atoms with van der Waals surface area (Å²) < 4.78 is 5.03. The Morgan fingerprint density at radius 1 is 1.53 bits per heavy atom. The molecule has 2 rings (SSSR count). The molecule has 0 aliphatic rings. The molecule has 0 atom stereocenters. The fraction of sp³-hybridized carbons (Fsp3) is 0.222. The number of nitrogens with one attached hydrogen (secondary N) is 1. The highest BCUT2D eigenvalue weighted by Gasteiger charge is 2.07. The average Bonchev–Trinajstić information content (AvgIpc) is 2.64. The first-order chi connectivity index (χ1) is 7.19. The number of aryl methyl sites for hydroxylation is 1. The molecule has 2 heterocycles. The number of nitrogens with zero attached hydrogens (tertiary/aromatic N) is 2. The van der Waals surface area contributed by atoms with Gasteiger partial charge in [0.05, 0.1) is 11.6 Å². The highest BCUT2D eigenvalue weighted by molar-refractivity contribution is 6.16. The molecule has 0 amide bonds. The summed E-state index contributed by atoms with van der Waals surface area (Å²) in [4.78, 5) is 22.0. The van der Waals surface area contributed by atoms with E-state index in [4.69, 9.17) is 16.0 Å². The van der Waals surface area contributed by atoms with Gasteiger partial charge in [-0.2, -0.15) is 0 Å². The molecule has 2 aromatic rings. The predicted molar refractivity (Wildman–Crippen MR) is 54.6 cm³/mol. The van der Waals surface area contributed by atoms with Crippen LogP contribution in [0.2, 0.25) is 0 Å². The number of hydrogen-bond acceptors (Lipinski definition) is 4. The van der Waals surface area contributed by atoms with Gasteiger partial charge in [0, 0.05) is 13.0 Å². The second-order valence-corrected chi connectivity index (χ2v) is 3.24. The van der Waals surface area contributed by atoms with Gasteiger partial charge in [-0.15, -0.1) is 11.6 Å². The molecule has 78 valence electrons. The summed E-state index contributed by atoms with van der Waals surface area (Å²) in [6, 6.07) is 1.35. The summed E-state index contributed by atoms with van der Waals surface area (Å²) in [7, 11) is 0. The zero-order valence-corrected chi connectivity index (χ0v) is 8.71. The number of H-pyrrole nitrogens is 1. The van der Waals surface area contributed by atoms with Crippen molar-refractivity contribution in [3.8, 4) is 11.5 Å². The third-order valence-corrected chi connectivity index (χ3v) is 2.07. The van der Waals surface area contributed by atoms with E-state index in [1.54, 1.807) is 6.92 Å². The van der Waals surface area contributed by atoms with Crippen LogP contribution < -0.4 is 5.56 Å². The lowest BCUT2D eigenvalue weighted by atomic mass is 10.4. The molecule has 0 saturated heterocycles. The third kappa shape index (κ3) is 2.07. The number of alkyl halides is 1. The Hall–Kier alpha value is -1.62. The average molecular weight is 226 g/mol. The third-order valence-electron chi connectivity index (χ3n) is 1.79. The van der Waals surface area contributed by atoms with Crippen molar-refractivity contribution in [1.29, 1.82) is 0 Å². The number of rotatable bonds is 2. The Bertz CT molecular complexity index is 532. The van der Waals surface area contributed by atoms with Crippen LogP contribution in [0.15, 0.2) is 21.5 Å². The highest BCUT2D eigenvalue weighted by atomic mass is 35.5. The first-order valence-electron chi connectivity index (χ1n) is 4.28. The van der Waals surface area contributed by atoms with Crippen molar-refractivity contribution in [1.82, 2.24) is 15.0 Å². The molecule has 0 aromatic carbocycles. The molecule has 2 aromatic heterocycles. The van der Waals surface area contributed by atoms with E-state index in [1.165, 1.54) is 12.3 Å². The number of halogens is 1. The molecular weight excluding hydrogens is 218 g/mol. The molecule has 0 radical (unpaired) electrons. The van der Waals surface area contributed by atoms with Crippen LogP contribution in [-0.2, 0) is 5.88 Å². The van der Waals surface area contributed by atoms with Crippen molar-refractivity contribution < 1.29 is 4.42 Å². The van der Waals surface area contributed by atoms with E-state index in [-0.39, 0.29) is 11.4 Å². The fourth-order valence-corrected chi connectivity index (χ4v) is 1.31. The zero-order chi connectivity index (χ0) is 10.8. The standard InChI is InChI=1S/C9H8ClN3O2/c1-5-11-7(4-15-5)9-12-6(3-10)2-8(14)13-9/h2,4H,3H2,1H3,(H,12,13,14). The van der Waals surface area contributed by atoms with Gasteiger partial charge in [-0.05, 0) is 0 Å². The number of oxazole rings is 1. The largest absolute Gasteiger partial charge is 0.449 e. The van der Waals surface area contributed by atoms with Gasteiger partial charge >= 0.3 is 0 Å². The molecule has 1 N–H and O–H groups in total. The van der Waals surface area contributed by atoms with Crippen LogP contribution in [0.4, 0.5) is 0 Å². The lowest BCUT2D eigenvalue weighted by Gasteiger charge is -1.97. The maximum absolute atomic E-state index is 11.2. The second kappa shape index (κ2) is 3.86. The molecule has 0 aliphatic carbocycles. The SMILES string of the molecule is Cc1nc(-c2nc(CCl)cc(=O)[nH]2)co1. The van der Waals surface area contributed by atoms with Crippen molar-refractivity contribution >= 4 is 11.6 Å². The smallest absolute Gasteiger partial charge is 0.251 e. The molecule has 0 bridgehead atoms. The van der Waals surface area contributed by atoms with Crippen LogP contribution in [0.1, 0.15) is 11.6 Å². The van der Waals surface area contributed by atoms with Crippen LogP contribution in [0.25, 0.3) is 11.5 Å². The first kappa shape index (κ1) is 9.92. The van der Waals surface area contributed by atoms with Crippen LogP contribution in [0, 0.1) is 6.92 Å². The quantitative estimate of drug-likeness (QED) is 0.786. The van der Waals surface area contributed by atoms with E-state index >= 15 is 0 Å². The maximum Gasteiger partial charge on any atom is 0.251 e. The predicted octanol–water partition coefficient (Wildman–Crippen LogP) is 1.47. The van der Waals surface area contributed by atoms with Gasteiger partial charge < -0.3 is 9.40 Å². The second-order valence-electron chi connectivity index (χ2n) is 2.97. The van der Waals surface area contributed by atoms with Crippen molar-refractivity contribution in [2.45, 2.75) is 12.8 Å². The first-order valence-corrected chi connectivity index (χ1v) is 4.81. The number of aromatic nitrogens is 3. The van der Waals surface area contributed by atoms with E-state index in [0.29, 0.717) is 23.1 Å². The summed E-state index contributed by atoms with van der Waals surface area (Å²) in [6.45, 7) is 1.72. The van der Waals surface area contributed by atoms with Gasteiger partial charge in [0.2, 0.25) is 0 Å². The van der Waals surface area contributed by atoms with E-state index < -0.39 is 0 Å². The zero-order valence-electron chi connectivity index (χ0n) is 7.95. The summed E-state index contributed by atoms with van der Waals surface area (Å²) in [5.41, 5.74) is 0.754. The monoisotopic (exact) mass is 225 g/mol. The van der Waals surface area contributed by atoms with Crippen molar-refractivity contribution in [2.75, 3.05) is 0 Å². The minimum absolute atomic E-state index is 0.188. The molecular formula is C9H8ClN3O2. The summed E-state index contributed by atoms with van der Waals surface area (Å²) in [6.07, 6.45) is 1.44. The lowest BCUT2D eigenvalue weighted by Crippen LogP contribution is -2.09. The topological polar surface area (TPSA) is 71.8 Å². The van der Waals surface area contributed by atoms with E-state index in [0.717, 1.165) is 0 Å². The van der Waals surface area contributed by atoms with Gasteiger partial charge in [-0.1, -0.05) is 0 Å². The number of aromatic amines is 1. The minimum atomic E-state index is -0.253.